The number of nitrogens with one attached hydrogen (secondary N) is 2. The number of aliphatic imine (C=N–C) groups is 1. The maximum Gasteiger partial charge on any atom is 0.230 e. The summed E-state index contributed by atoms with van der Waals surface area (Å²) < 4.78 is 0. The zero-order valence-electron chi connectivity index (χ0n) is 16.0. The van der Waals surface area contributed by atoms with Crippen LogP contribution in [0.3, 0.4) is 0 Å². The third-order valence-corrected chi connectivity index (χ3v) is 7.12. The van der Waals surface area contributed by atoms with E-state index < -0.39 is 24.2 Å². The molecule has 1 saturated carbocycles. The van der Waals surface area contributed by atoms with E-state index in [1.165, 1.54) is 23.1 Å². The standard InChI is InChI=1S/C19H23N5O3S2/c1-24(2)11-5-3-10(4-6-11)21-19-22-14-15(26)13(25)9-12(16(14)29-19)17(27)23-18-20-7-8-28-18/h3-8,12-16,25-26H,9H2,1-2H3,(H,21,22)(H,20,23,27)/t12-,13+,14+,15-,16+/m0/s1. The molecule has 10 heteroatoms. The number of hydrogen-bond acceptors (Lipinski definition) is 9. The highest BCUT2D eigenvalue weighted by molar-refractivity contribution is 8.15. The van der Waals surface area contributed by atoms with Crippen LogP contribution in [0.25, 0.3) is 0 Å². The van der Waals surface area contributed by atoms with Crippen LogP contribution in [-0.4, -0.2) is 63.9 Å². The quantitative estimate of drug-likeness (QED) is 0.582. The molecule has 1 aliphatic heterocycles. The first kappa shape index (κ1) is 20.1. The summed E-state index contributed by atoms with van der Waals surface area (Å²) in [7, 11) is 3.96. The van der Waals surface area contributed by atoms with Gasteiger partial charge in [0.1, 0.15) is 6.10 Å². The molecular weight excluding hydrogens is 410 g/mol. The van der Waals surface area contributed by atoms with Gasteiger partial charge < -0.3 is 25.7 Å². The SMILES string of the molecule is CN(C)c1ccc(NC2=N[C@@H]3[C@@H](O)[C@H](O)C[C@H](C(=O)Nc4nccs4)[C@H]3S2)cc1. The Hall–Kier alpha value is -2.14. The largest absolute Gasteiger partial charge is 0.390 e. The molecular formula is C19H23N5O3S2. The summed E-state index contributed by atoms with van der Waals surface area (Å²) in [6, 6.07) is 7.37. The van der Waals surface area contributed by atoms with Crippen LogP contribution in [-0.2, 0) is 4.79 Å². The van der Waals surface area contributed by atoms with Crippen molar-refractivity contribution >= 4 is 50.7 Å². The number of thiazole rings is 1. The van der Waals surface area contributed by atoms with Crippen LogP contribution in [0, 0.1) is 5.92 Å². The number of hydrogen-bond donors (Lipinski definition) is 4. The molecule has 1 amide bonds. The number of carbonyl (C=O) groups excluding carboxylic acids is 1. The highest BCUT2D eigenvalue weighted by atomic mass is 32.2. The number of aromatic nitrogens is 1. The lowest BCUT2D eigenvalue weighted by molar-refractivity contribution is -0.124. The Bertz CT molecular complexity index is 888. The predicted molar refractivity (Wildman–Crippen MR) is 118 cm³/mol. The summed E-state index contributed by atoms with van der Waals surface area (Å²) in [5.74, 6) is -0.688. The summed E-state index contributed by atoms with van der Waals surface area (Å²) in [5, 5.41) is 29.5. The Balaban J connectivity index is 1.48. The van der Waals surface area contributed by atoms with Crippen LogP contribution >= 0.6 is 23.1 Å². The predicted octanol–water partition coefficient (Wildman–Crippen LogP) is 1.84. The number of benzene rings is 1. The van der Waals surface area contributed by atoms with Crippen LogP contribution in [0.5, 0.6) is 0 Å². The van der Waals surface area contributed by atoms with Crippen LogP contribution < -0.4 is 15.5 Å². The van der Waals surface area contributed by atoms with E-state index in [1.807, 2.05) is 43.3 Å². The number of anilines is 3. The second-order valence-corrected chi connectivity index (χ2v) is 9.36. The molecule has 5 atom stereocenters. The van der Waals surface area contributed by atoms with E-state index in [1.54, 1.807) is 11.6 Å². The van der Waals surface area contributed by atoms with Crippen molar-refractivity contribution in [1.29, 1.82) is 0 Å². The first-order chi connectivity index (χ1) is 13.9. The minimum absolute atomic E-state index is 0.187. The molecule has 29 heavy (non-hydrogen) atoms. The summed E-state index contributed by atoms with van der Waals surface area (Å²) >= 11 is 2.78. The van der Waals surface area contributed by atoms with Crippen LogP contribution in [0.15, 0.2) is 40.8 Å². The molecule has 0 unspecified atom stereocenters. The van der Waals surface area contributed by atoms with Gasteiger partial charge in [0.05, 0.1) is 18.1 Å². The minimum atomic E-state index is -0.994. The van der Waals surface area contributed by atoms with E-state index in [4.69, 9.17) is 0 Å². The average molecular weight is 434 g/mol. The van der Waals surface area contributed by atoms with Gasteiger partial charge in [0.25, 0.3) is 0 Å². The number of amidine groups is 1. The van der Waals surface area contributed by atoms with Gasteiger partial charge in [0.2, 0.25) is 5.91 Å². The zero-order chi connectivity index (χ0) is 20.5. The molecule has 0 bridgehead atoms. The first-order valence-electron chi connectivity index (χ1n) is 9.28. The monoisotopic (exact) mass is 433 g/mol. The fourth-order valence-corrected chi connectivity index (χ4v) is 5.47. The molecule has 1 aromatic heterocycles. The molecule has 154 valence electrons. The highest BCUT2D eigenvalue weighted by Crippen LogP contribution is 2.42. The fraction of sp³-hybridized carbons (Fsp3) is 0.421. The van der Waals surface area contributed by atoms with Crippen LogP contribution in [0.1, 0.15) is 6.42 Å². The summed E-state index contributed by atoms with van der Waals surface area (Å²) in [5.41, 5.74) is 1.96. The lowest BCUT2D eigenvalue weighted by atomic mass is 9.81. The smallest absolute Gasteiger partial charge is 0.230 e. The van der Waals surface area contributed by atoms with Gasteiger partial charge in [-0.2, -0.15) is 0 Å². The summed E-state index contributed by atoms with van der Waals surface area (Å²) in [6.45, 7) is 0. The zero-order valence-corrected chi connectivity index (χ0v) is 17.7. The third kappa shape index (κ3) is 4.25. The molecule has 2 aliphatic rings. The molecule has 8 nitrogen and oxygen atoms in total. The third-order valence-electron chi connectivity index (χ3n) is 5.12. The molecule has 1 aliphatic carbocycles. The highest BCUT2D eigenvalue weighted by Gasteiger charge is 2.50. The van der Waals surface area contributed by atoms with Crippen LogP contribution in [0.2, 0.25) is 0 Å². The number of nitrogens with zero attached hydrogens (tertiary/aromatic N) is 3. The topological polar surface area (TPSA) is 110 Å². The van der Waals surface area contributed by atoms with Crippen molar-refractivity contribution in [3.8, 4) is 0 Å². The number of thioether (sulfide) groups is 1. The fourth-order valence-electron chi connectivity index (χ4n) is 3.56. The minimum Gasteiger partial charge on any atom is -0.390 e. The number of rotatable bonds is 4. The van der Waals surface area contributed by atoms with Crippen molar-refractivity contribution < 1.29 is 15.0 Å². The molecule has 1 aromatic carbocycles. The van der Waals surface area contributed by atoms with Crippen molar-refractivity contribution in [1.82, 2.24) is 4.98 Å². The van der Waals surface area contributed by atoms with Gasteiger partial charge >= 0.3 is 0 Å². The number of amides is 1. The van der Waals surface area contributed by atoms with E-state index in [0.29, 0.717) is 10.3 Å². The lowest BCUT2D eigenvalue weighted by Gasteiger charge is -2.37. The Kier molecular flexibility index (Phi) is 5.77. The maximum atomic E-state index is 12.8. The number of carbonyl (C=O) groups is 1. The Labute approximate surface area is 177 Å². The molecule has 0 saturated heterocycles. The molecule has 2 aromatic rings. The van der Waals surface area contributed by atoms with Crippen molar-refractivity contribution in [2.75, 3.05) is 29.6 Å². The molecule has 2 heterocycles. The van der Waals surface area contributed by atoms with Crippen molar-refractivity contribution in [3.63, 3.8) is 0 Å². The van der Waals surface area contributed by atoms with Gasteiger partial charge in [-0.3, -0.25) is 9.79 Å². The van der Waals surface area contributed by atoms with Gasteiger partial charge in [0, 0.05) is 42.3 Å². The Morgan fingerprint density at radius 2 is 2.00 bits per heavy atom. The molecule has 0 radical (unpaired) electrons. The molecule has 1 fully saturated rings. The van der Waals surface area contributed by atoms with E-state index in [2.05, 4.69) is 20.6 Å². The van der Waals surface area contributed by atoms with Gasteiger partial charge in [-0.05, 0) is 30.7 Å². The van der Waals surface area contributed by atoms with Crippen molar-refractivity contribution in [2.24, 2.45) is 10.9 Å². The summed E-state index contributed by atoms with van der Waals surface area (Å²) in [4.78, 5) is 23.5. The van der Waals surface area contributed by atoms with Gasteiger partial charge in [-0.1, -0.05) is 11.8 Å². The summed E-state index contributed by atoms with van der Waals surface area (Å²) in [6.07, 6.45) is -0.176. The van der Waals surface area contributed by atoms with Gasteiger partial charge in [-0.25, -0.2) is 4.98 Å². The van der Waals surface area contributed by atoms with Gasteiger partial charge in [-0.15, -0.1) is 11.3 Å². The van der Waals surface area contributed by atoms with Crippen molar-refractivity contribution in [2.45, 2.75) is 29.9 Å². The second kappa shape index (κ2) is 8.31. The van der Waals surface area contributed by atoms with E-state index >= 15 is 0 Å². The van der Waals surface area contributed by atoms with E-state index in [-0.39, 0.29) is 17.6 Å². The van der Waals surface area contributed by atoms with Crippen LogP contribution in [0.4, 0.5) is 16.5 Å². The number of aliphatic hydroxyl groups excluding tert-OH is 2. The number of fused-ring (bicyclic) bond motifs is 1. The number of aliphatic hydroxyl groups is 2. The maximum absolute atomic E-state index is 12.8. The Morgan fingerprint density at radius 3 is 2.66 bits per heavy atom. The average Bonchev–Trinajstić information content (AvgIpc) is 3.35. The van der Waals surface area contributed by atoms with Gasteiger partial charge in [0.15, 0.2) is 10.3 Å². The van der Waals surface area contributed by atoms with E-state index in [0.717, 1.165) is 11.4 Å². The second-order valence-electron chi connectivity index (χ2n) is 7.30. The lowest BCUT2D eigenvalue weighted by Crippen LogP contribution is -2.52. The Morgan fingerprint density at radius 1 is 1.24 bits per heavy atom. The molecule has 0 spiro atoms. The normalized spacial score (nSPS) is 28.4. The molecule has 4 rings (SSSR count). The van der Waals surface area contributed by atoms with Crippen molar-refractivity contribution in [3.05, 3.63) is 35.8 Å². The first-order valence-corrected chi connectivity index (χ1v) is 11.0. The van der Waals surface area contributed by atoms with E-state index in [9.17, 15) is 15.0 Å². The molecule has 4 N–H and O–H groups in total.